The highest BCUT2D eigenvalue weighted by atomic mass is 15.0. The molecule has 8 aromatic rings. The second-order valence-corrected chi connectivity index (χ2v) is 10.5. The lowest BCUT2D eigenvalue weighted by atomic mass is 9.96. The van der Waals surface area contributed by atoms with Gasteiger partial charge in [0.2, 0.25) is 0 Å². The molecular formula is C36H24N2. The summed E-state index contributed by atoms with van der Waals surface area (Å²) in [7, 11) is 0. The Kier molecular flexibility index (Phi) is 3.93. The molecule has 0 radical (unpaired) electrons. The molecule has 0 N–H and O–H groups in total. The normalized spacial score (nSPS) is 13.5. The number of hydrogen-bond acceptors (Lipinski definition) is 0. The van der Waals surface area contributed by atoms with Crippen LogP contribution in [-0.4, -0.2) is 8.97 Å². The predicted molar refractivity (Wildman–Crippen MR) is 161 cm³/mol. The minimum Gasteiger partial charge on any atom is -0.310 e. The molecule has 9 rings (SSSR count). The number of allylic oxidation sites excluding steroid dienone is 1. The van der Waals surface area contributed by atoms with Crippen LogP contribution in [0.2, 0.25) is 0 Å². The first-order valence-corrected chi connectivity index (χ1v) is 13.4. The summed E-state index contributed by atoms with van der Waals surface area (Å²) in [6.45, 7) is 0. The summed E-state index contributed by atoms with van der Waals surface area (Å²) in [6.07, 6.45) is 6.79. The highest BCUT2D eigenvalue weighted by Gasteiger charge is 2.21. The molecule has 2 heteroatoms. The minimum atomic E-state index is 1.08. The Balaban J connectivity index is 1.36. The smallest absolute Gasteiger partial charge is 0.0620 e. The molecule has 0 atom stereocenters. The highest BCUT2D eigenvalue weighted by Crippen LogP contribution is 2.42. The van der Waals surface area contributed by atoms with E-state index in [1.165, 1.54) is 77.1 Å². The number of benzene rings is 5. The Hall–Kier alpha value is -4.82. The fourth-order valence-electron chi connectivity index (χ4n) is 6.89. The van der Waals surface area contributed by atoms with E-state index in [0.29, 0.717) is 0 Å². The van der Waals surface area contributed by atoms with Crippen molar-refractivity contribution in [3.8, 4) is 16.8 Å². The molecule has 3 aromatic heterocycles. The zero-order valence-electron chi connectivity index (χ0n) is 20.9. The summed E-state index contributed by atoms with van der Waals surface area (Å²) in [5, 5.41) is 6.66. The van der Waals surface area contributed by atoms with Crippen molar-refractivity contribution in [1.29, 1.82) is 0 Å². The molecule has 0 bridgehead atoms. The van der Waals surface area contributed by atoms with Crippen LogP contribution in [0.4, 0.5) is 0 Å². The third-order valence-electron chi connectivity index (χ3n) is 8.50. The van der Waals surface area contributed by atoms with Crippen molar-refractivity contribution in [3.05, 3.63) is 127 Å². The van der Waals surface area contributed by atoms with E-state index < -0.39 is 0 Å². The summed E-state index contributed by atoms with van der Waals surface area (Å²) >= 11 is 0. The summed E-state index contributed by atoms with van der Waals surface area (Å²) in [4.78, 5) is 0. The van der Waals surface area contributed by atoms with Gasteiger partial charge >= 0.3 is 0 Å². The van der Waals surface area contributed by atoms with Crippen LogP contribution < -0.4 is 0 Å². The zero-order valence-corrected chi connectivity index (χ0v) is 20.9. The van der Waals surface area contributed by atoms with E-state index in [1.807, 2.05) is 0 Å². The van der Waals surface area contributed by atoms with Crippen molar-refractivity contribution in [1.82, 2.24) is 8.97 Å². The summed E-state index contributed by atoms with van der Waals surface area (Å²) < 4.78 is 4.88. The number of nitrogens with zero attached hydrogens (tertiary/aromatic N) is 2. The van der Waals surface area contributed by atoms with Crippen molar-refractivity contribution in [2.45, 2.75) is 12.8 Å². The predicted octanol–water partition coefficient (Wildman–Crippen LogP) is 9.41. The largest absolute Gasteiger partial charge is 0.310 e. The Morgan fingerprint density at radius 1 is 0.526 bits per heavy atom. The van der Waals surface area contributed by atoms with Gasteiger partial charge in [0, 0.05) is 38.3 Å². The van der Waals surface area contributed by atoms with E-state index in [2.05, 4.69) is 130 Å². The maximum Gasteiger partial charge on any atom is 0.0620 e. The van der Waals surface area contributed by atoms with Crippen LogP contribution >= 0.6 is 0 Å². The zero-order chi connectivity index (χ0) is 24.8. The molecule has 0 amide bonds. The molecule has 0 fully saturated rings. The molecule has 1 aliphatic carbocycles. The van der Waals surface area contributed by atoms with E-state index in [1.54, 1.807) is 0 Å². The monoisotopic (exact) mass is 484 g/mol. The van der Waals surface area contributed by atoms with Crippen molar-refractivity contribution in [2.75, 3.05) is 0 Å². The first-order valence-electron chi connectivity index (χ1n) is 13.4. The highest BCUT2D eigenvalue weighted by molar-refractivity contribution is 6.24. The van der Waals surface area contributed by atoms with Crippen LogP contribution in [0.1, 0.15) is 17.7 Å². The first-order chi connectivity index (χ1) is 18.9. The van der Waals surface area contributed by atoms with E-state index in [0.717, 1.165) is 12.8 Å². The minimum absolute atomic E-state index is 1.08. The Bertz CT molecular complexity index is 2140. The third-order valence-corrected chi connectivity index (χ3v) is 8.50. The fourth-order valence-corrected chi connectivity index (χ4v) is 6.89. The Labute approximate surface area is 220 Å². The number of fused-ring (bicyclic) bond motifs is 9. The number of para-hydroxylation sites is 3. The van der Waals surface area contributed by atoms with Gasteiger partial charge in [-0.1, -0.05) is 66.7 Å². The lowest BCUT2D eigenvalue weighted by Crippen LogP contribution is -1.99. The lowest BCUT2D eigenvalue weighted by molar-refractivity contribution is 0.967. The molecule has 0 unspecified atom stereocenters. The summed E-state index contributed by atoms with van der Waals surface area (Å²) in [5.41, 5.74) is 11.7. The molecule has 38 heavy (non-hydrogen) atoms. The third kappa shape index (κ3) is 2.57. The molecule has 178 valence electrons. The van der Waals surface area contributed by atoms with E-state index in [4.69, 9.17) is 0 Å². The molecule has 0 saturated carbocycles. The Morgan fingerprint density at radius 2 is 1.18 bits per heavy atom. The molecule has 5 aromatic carbocycles. The maximum absolute atomic E-state index is 2.45. The standard InChI is InChI=1S/C36H24N2/c1-2-10-25(11-3-1)37-32-15-7-4-12-26(32)29-20-23(18-19-35(29)37)24-21-30-27-13-5-8-16-33(27)38-34-17-9-6-14-28(34)31(22-24)36(30)38/h1-3,5-11,13-22H,4,12H2. The van der Waals surface area contributed by atoms with Crippen LogP contribution in [0.5, 0.6) is 0 Å². The number of hydrogen-bond donors (Lipinski definition) is 0. The molecule has 0 aliphatic heterocycles. The lowest BCUT2D eigenvalue weighted by Gasteiger charge is -2.11. The molecule has 3 heterocycles. The van der Waals surface area contributed by atoms with E-state index >= 15 is 0 Å². The van der Waals surface area contributed by atoms with E-state index in [9.17, 15) is 0 Å². The number of aryl methyl sites for hydroxylation is 1. The molecule has 0 spiro atoms. The first kappa shape index (κ1) is 20.3. The van der Waals surface area contributed by atoms with Crippen LogP contribution in [0.25, 0.3) is 71.9 Å². The average Bonchev–Trinajstić information content (AvgIpc) is 3.62. The fraction of sp³-hybridized carbons (Fsp3) is 0.0556. The molecule has 0 saturated heterocycles. The molecular weight excluding hydrogens is 460 g/mol. The van der Waals surface area contributed by atoms with Crippen LogP contribution in [0, 0.1) is 0 Å². The molecule has 1 aliphatic rings. The van der Waals surface area contributed by atoms with Gasteiger partial charge in [-0.05, 0) is 84.1 Å². The topological polar surface area (TPSA) is 9.34 Å². The second-order valence-electron chi connectivity index (χ2n) is 10.5. The van der Waals surface area contributed by atoms with Gasteiger partial charge in [0.15, 0.2) is 0 Å². The van der Waals surface area contributed by atoms with Gasteiger partial charge in [0.25, 0.3) is 0 Å². The quantitative estimate of drug-likeness (QED) is 0.231. The maximum atomic E-state index is 2.45. The van der Waals surface area contributed by atoms with Crippen LogP contribution in [0.15, 0.2) is 115 Å². The average molecular weight is 485 g/mol. The summed E-state index contributed by atoms with van der Waals surface area (Å²) in [5.74, 6) is 0. The van der Waals surface area contributed by atoms with Crippen molar-refractivity contribution < 1.29 is 0 Å². The van der Waals surface area contributed by atoms with Gasteiger partial charge in [0.1, 0.15) is 0 Å². The van der Waals surface area contributed by atoms with Crippen LogP contribution in [0.3, 0.4) is 0 Å². The number of rotatable bonds is 2. The SMILES string of the molecule is C1=Cc2c(c3cc(-c4cc5c6ccccc6n6c7ccccc7c(c4)c56)ccc3n2-c2ccccc2)CC1. The molecule has 2 nitrogen and oxygen atoms in total. The van der Waals surface area contributed by atoms with Gasteiger partial charge in [-0.15, -0.1) is 0 Å². The van der Waals surface area contributed by atoms with Crippen molar-refractivity contribution >= 4 is 55.1 Å². The van der Waals surface area contributed by atoms with Gasteiger partial charge < -0.3 is 8.97 Å². The van der Waals surface area contributed by atoms with Crippen molar-refractivity contribution in [3.63, 3.8) is 0 Å². The van der Waals surface area contributed by atoms with Gasteiger partial charge in [-0.2, -0.15) is 0 Å². The van der Waals surface area contributed by atoms with Gasteiger partial charge in [0.05, 0.1) is 22.1 Å². The van der Waals surface area contributed by atoms with Gasteiger partial charge in [-0.3, -0.25) is 0 Å². The second kappa shape index (κ2) is 7.36. The van der Waals surface area contributed by atoms with Crippen LogP contribution in [-0.2, 0) is 6.42 Å². The number of aromatic nitrogens is 2. The van der Waals surface area contributed by atoms with Gasteiger partial charge in [-0.25, -0.2) is 0 Å². The van der Waals surface area contributed by atoms with E-state index in [-0.39, 0.29) is 0 Å². The Morgan fingerprint density at radius 3 is 1.92 bits per heavy atom. The summed E-state index contributed by atoms with van der Waals surface area (Å²) in [6, 6.07) is 40.3. The van der Waals surface area contributed by atoms with Crippen molar-refractivity contribution in [2.24, 2.45) is 0 Å².